The lowest BCUT2D eigenvalue weighted by Gasteiger charge is -2.21. The molecule has 130 valence electrons. The zero-order valence-electron chi connectivity index (χ0n) is 12.8. The molecular formula is C15H14FN5O2S2. The Kier molecular flexibility index (Phi) is 4.75. The maximum atomic E-state index is 13.1. The van der Waals surface area contributed by atoms with Gasteiger partial charge in [0.05, 0.1) is 16.1 Å². The monoisotopic (exact) mass is 379 g/mol. The summed E-state index contributed by atoms with van der Waals surface area (Å²) in [5.74, 6) is -0.199. The molecule has 0 spiro atoms. The highest BCUT2D eigenvalue weighted by Gasteiger charge is 2.26. The van der Waals surface area contributed by atoms with Crippen molar-refractivity contribution in [2.24, 2.45) is 21.0 Å². The van der Waals surface area contributed by atoms with E-state index < -0.39 is 10.0 Å². The summed E-state index contributed by atoms with van der Waals surface area (Å²) in [6, 6.07) is 11.7. The first-order valence-electron chi connectivity index (χ1n) is 7.04. The van der Waals surface area contributed by atoms with Gasteiger partial charge in [-0.1, -0.05) is 23.9 Å². The van der Waals surface area contributed by atoms with E-state index in [-0.39, 0.29) is 22.0 Å². The van der Waals surface area contributed by atoms with Crippen molar-refractivity contribution in [2.75, 3.05) is 0 Å². The molecule has 2 aromatic carbocycles. The molecule has 0 bridgehead atoms. The van der Waals surface area contributed by atoms with Gasteiger partial charge in [-0.05, 0) is 42.0 Å². The molecule has 0 radical (unpaired) electrons. The quantitative estimate of drug-likeness (QED) is 0.626. The number of hydrogen-bond acceptors (Lipinski definition) is 5. The summed E-state index contributed by atoms with van der Waals surface area (Å²) in [5, 5.41) is 10.5. The van der Waals surface area contributed by atoms with Gasteiger partial charge in [0.1, 0.15) is 11.2 Å². The number of primary sulfonamides is 1. The molecular weight excluding hydrogens is 365 g/mol. The Bertz CT molecular complexity index is 927. The van der Waals surface area contributed by atoms with Crippen LogP contribution in [0.25, 0.3) is 0 Å². The van der Waals surface area contributed by atoms with Crippen LogP contribution in [-0.2, 0) is 10.0 Å². The fourth-order valence-electron chi connectivity index (χ4n) is 2.17. The number of guanidine groups is 1. The van der Waals surface area contributed by atoms with Crippen LogP contribution in [0.1, 0.15) is 10.9 Å². The molecule has 0 amide bonds. The van der Waals surface area contributed by atoms with E-state index in [0.29, 0.717) is 5.69 Å². The molecule has 0 aromatic heterocycles. The van der Waals surface area contributed by atoms with E-state index in [2.05, 4.69) is 10.1 Å². The molecule has 1 unspecified atom stereocenters. The molecule has 1 atom stereocenters. The largest absolute Gasteiger partial charge is 0.368 e. The Morgan fingerprint density at radius 2 is 1.80 bits per heavy atom. The van der Waals surface area contributed by atoms with Crippen LogP contribution in [0, 0.1) is 5.82 Å². The summed E-state index contributed by atoms with van der Waals surface area (Å²) < 4.78 is 35.6. The molecule has 25 heavy (non-hydrogen) atoms. The van der Waals surface area contributed by atoms with Crippen LogP contribution < -0.4 is 10.9 Å². The van der Waals surface area contributed by atoms with Gasteiger partial charge >= 0.3 is 0 Å². The van der Waals surface area contributed by atoms with Crippen molar-refractivity contribution >= 4 is 39.0 Å². The Balaban J connectivity index is 1.83. The number of thioether (sulfide) groups is 1. The topological polar surface area (TPSA) is 114 Å². The van der Waals surface area contributed by atoms with Crippen molar-refractivity contribution in [3.8, 4) is 0 Å². The molecule has 10 heteroatoms. The van der Waals surface area contributed by atoms with Gasteiger partial charge in [0, 0.05) is 0 Å². The predicted octanol–water partition coefficient (Wildman–Crippen LogP) is 2.11. The summed E-state index contributed by atoms with van der Waals surface area (Å²) in [5.41, 5.74) is 8.93. The molecule has 4 N–H and O–H groups in total. The van der Waals surface area contributed by atoms with Crippen LogP contribution in [0.2, 0.25) is 0 Å². The first-order chi connectivity index (χ1) is 11.8. The van der Waals surface area contributed by atoms with Crippen molar-refractivity contribution in [3.05, 3.63) is 59.9 Å². The van der Waals surface area contributed by atoms with Crippen molar-refractivity contribution in [1.29, 1.82) is 0 Å². The fraction of sp³-hybridized carbons (Fsp3) is 0.0667. The minimum Gasteiger partial charge on any atom is -0.368 e. The van der Waals surface area contributed by atoms with Crippen LogP contribution in [0.15, 0.2) is 63.5 Å². The average Bonchev–Trinajstić information content (AvgIpc) is 3.05. The van der Waals surface area contributed by atoms with Crippen LogP contribution in [0.4, 0.5) is 10.1 Å². The second kappa shape index (κ2) is 6.82. The molecule has 1 heterocycles. The third kappa shape index (κ3) is 3.98. The highest BCUT2D eigenvalue weighted by atomic mass is 32.2. The number of rotatable bonds is 3. The molecule has 7 nitrogen and oxygen atoms in total. The normalized spacial score (nSPS) is 17.9. The first kappa shape index (κ1) is 17.4. The molecule has 1 aliphatic heterocycles. The molecule has 0 aliphatic carbocycles. The standard InChI is InChI=1S/C15H14FN5O2S2/c16-11-3-1-10(2-4-11)14-21(19-9-24-14)15(17)20-12-5-7-13(8-6-12)25(18,22)23/h1-9,14H,(H2,17,20)(H2,18,22,23). The van der Waals surface area contributed by atoms with Gasteiger partial charge in [-0.3, -0.25) is 0 Å². The fourth-order valence-corrected chi connectivity index (χ4v) is 3.55. The number of halogens is 1. The SMILES string of the molecule is NC(=Nc1ccc(S(N)(=O)=O)cc1)N1N=CSC1c1ccc(F)cc1. The lowest BCUT2D eigenvalue weighted by atomic mass is 10.2. The van der Waals surface area contributed by atoms with Gasteiger partial charge in [-0.25, -0.2) is 27.9 Å². The number of hydrogen-bond donors (Lipinski definition) is 2. The Hall–Kier alpha value is -2.43. The Morgan fingerprint density at radius 3 is 2.40 bits per heavy atom. The summed E-state index contributed by atoms with van der Waals surface area (Å²) in [6.45, 7) is 0. The van der Waals surface area contributed by atoms with Gasteiger partial charge in [-0.2, -0.15) is 5.10 Å². The third-order valence-electron chi connectivity index (χ3n) is 3.38. The van der Waals surface area contributed by atoms with E-state index in [0.717, 1.165) is 5.56 Å². The minimum absolute atomic E-state index is 0.0102. The van der Waals surface area contributed by atoms with Gasteiger partial charge in [0.25, 0.3) is 0 Å². The van der Waals surface area contributed by atoms with Crippen LogP contribution in [0.5, 0.6) is 0 Å². The Labute approximate surface area is 148 Å². The van der Waals surface area contributed by atoms with E-state index in [1.54, 1.807) is 17.7 Å². The van der Waals surface area contributed by atoms with Gasteiger partial charge in [0.15, 0.2) is 0 Å². The number of aliphatic imine (C=N–C) groups is 1. The van der Waals surface area contributed by atoms with E-state index in [1.807, 2.05) is 0 Å². The van der Waals surface area contributed by atoms with E-state index in [4.69, 9.17) is 10.9 Å². The zero-order chi connectivity index (χ0) is 18.0. The summed E-state index contributed by atoms with van der Waals surface area (Å²) in [4.78, 5) is 4.23. The number of nitrogens with zero attached hydrogens (tertiary/aromatic N) is 3. The van der Waals surface area contributed by atoms with Crippen molar-refractivity contribution in [3.63, 3.8) is 0 Å². The number of sulfonamides is 1. The molecule has 3 rings (SSSR count). The Morgan fingerprint density at radius 1 is 1.16 bits per heavy atom. The first-order valence-corrected chi connectivity index (χ1v) is 9.53. The summed E-state index contributed by atoms with van der Waals surface area (Å²) >= 11 is 1.41. The maximum Gasteiger partial charge on any atom is 0.238 e. The average molecular weight is 379 g/mol. The predicted molar refractivity (Wildman–Crippen MR) is 96.2 cm³/mol. The maximum absolute atomic E-state index is 13.1. The lowest BCUT2D eigenvalue weighted by Crippen LogP contribution is -2.32. The highest BCUT2D eigenvalue weighted by Crippen LogP contribution is 2.36. The summed E-state index contributed by atoms with van der Waals surface area (Å²) in [6.07, 6.45) is 0. The smallest absolute Gasteiger partial charge is 0.238 e. The second-order valence-corrected chi connectivity index (χ2v) is 7.61. The second-order valence-electron chi connectivity index (χ2n) is 5.11. The van der Waals surface area contributed by atoms with Crippen molar-refractivity contribution < 1.29 is 12.8 Å². The lowest BCUT2D eigenvalue weighted by molar-refractivity contribution is 0.435. The number of benzene rings is 2. The summed E-state index contributed by atoms with van der Waals surface area (Å²) in [7, 11) is -3.76. The molecule has 0 fully saturated rings. The van der Waals surface area contributed by atoms with Gasteiger partial charge < -0.3 is 5.73 Å². The zero-order valence-corrected chi connectivity index (χ0v) is 14.4. The molecule has 0 saturated heterocycles. The number of nitrogens with two attached hydrogens (primary N) is 2. The van der Waals surface area contributed by atoms with Crippen molar-refractivity contribution in [1.82, 2.24) is 5.01 Å². The van der Waals surface area contributed by atoms with E-state index in [1.165, 1.54) is 53.2 Å². The third-order valence-corrected chi connectivity index (χ3v) is 5.26. The van der Waals surface area contributed by atoms with Crippen molar-refractivity contribution in [2.45, 2.75) is 10.3 Å². The molecule has 1 aliphatic rings. The molecule has 2 aromatic rings. The highest BCUT2D eigenvalue weighted by molar-refractivity contribution is 8.12. The van der Waals surface area contributed by atoms with Gasteiger partial charge in [0.2, 0.25) is 16.0 Å². The van der Waals surface area contributed by atoms with Gasteiger partial charge in [-0.15, -0.1) is 0 Å². The molecule has 0 saturated carbocycles. The number of hydrazone groups is 1. The van der Waals surface area contributed by atoms with E-state index in [9.17, 15) is 12.8 Å². The minimum atomic E-state index is -3.76. The van der Waals surface area contributed by atoms with Crippen LogP contribution in [0.3, 0.4) is 0 Å². The van der Waals surface area contributed by atoms with Crippen LogP contribution in [-0.4, -0.2) is 24.9 Å². The van der Waals surface area contributed by atoms with Crippen LogP contribution >= 0.6 is 11.8 Å². The van der Waals surface area contributed by atoms with E-state index >= 15 is 0 Å².